The third-order valence-corrected chi connectivity index (χ3v) is 7.56. The van der Waals surface area contributed by atoms with E-state index < -0.39 is 9.84 Å². The van der Waals surface area contributed by atoms with E-state index in [1.54, 1.807) is 6.20 Å². The molecule has 0 radical (unpaired) electrons. The van der Waals surface area contributed by atoms with Gasteiger partial charge in [-0.2, -0.15) is 0 Å². The van der Waals surface area contributed by atoms with Gasteiger partial charge < -0.3 is 9.80 Å². The summed E-state index contributed by atoms with van der Waals surface area (Å²) in [5.41, 5.74) is 0.511. The number of nitrogens with zero attached hydrogens (tertiary/aromatic N) is 4. The molecule has 7 heteroatoms. The Labute approximate surface area is 150 Å². The lowest BCUT2D eigenvalue weighted by Crippen LogP contribution is -2.51. The Bertz CT molecular complexity index is 697. The highest BCUT2D eigenvalue weighted by atomic mass is 32.2. The number of anilines is 1. The van der Waals surface area contributed by atoms with Crippen LogP contribution in [-0.2, 0) is 9.84 Å². The maximum absolute atomic E-state index is 11.5. The maximum atomic E-state index is 11.5. The molecule has 0 unspecified atom stereocenters. The number of piperidine rings is 2. The van der Waals surface area contributed by atoms with Gasteiger partial charge in [0, 0.05) is 25.4 Å². The van der Waals surface area contributed by atoms with Gasteiger partial charge in [-0.1, -0.05) is 6.42 Å². The Morgan fingerprint density at radius 2 is 1.64 bits per heavy atom. The Morgan fingerprint density at radius 3 is 2.12 bits per heavy atom. The van der Waals surface area contributed by atoms with Crippen LogP contribution in [0, 0.1) is 5.41 Å². The van der Waals surface area contributed by atoms with Crippen molar-refractivity contribution in [2.45, 2.75) is 56.0 Å². The van der Waals surface area contributed by atoms with Crippen LogP contribution < -0.4 is 4.90 Å². The second kappa shape index (κ2) is 6.50. The van der Waals surface area contributed by atoms with Gasteiger partial charge in [0.15, 0.2) is 14.9 Å². The van der Waals surface area contributed by atoms with Crippen molar-refractivity contribution < 1.29 is 8.42 Å². The second-order valence-corrected chi connectivity index (χ2v) is 10.1. The zero-order chi connectivity index (χ0) is 17.5. The van der Waals surface area contributed by atoms with E-state index in [0.29, 0.717) is 5.41 Å². The molecule has 0 atom stereocenters. The molecule has 2 saturated heterocycles. The quantitative estimate of drug-likeness (QED) is 0.818. The number of hydrogen-bond donors (Lipinski definition) is 0. The summed E-state index contributed by atoms with van der Waals surface area (Å²) in [4.78, 5) is 13.4. The normalized spacial score (nSPS) is 25.1. The van der Waals surface area contributed by atoms with Gasteiger partial charge in [-0.15, -0.1) is 0 Å². The summed E-state index contributed by atoms with van der Waals surface area (Å²) in [7, 11) is -3.28. The molecule has 0 N–H and O–H groups in total. The van der Waals surface area contributed by atoms with E-state index in [1.807, 2.05) is 0 Å². The summed E-state index contributed by atoms with van der Waals surface area (Å²) < 4.78 is 23.0. The minimum absolute atomic E-state index is 0.0492. The standard InChI is InChI=1S/C18H28N4O2S/c1-25(23,24)17-14-19-16(13-20-17)22-11-7-18(8-12-22)5-9-21(10-6-18)15-3-2-4-15/h13-15H,2-12H2,1H3. The largest absolute Gasteiger partial charge is 0.355 e. The molecular weight excluding hydrogens is 336 g/mol. The van der Waals surface area contributed by atoms with Crippen molar-refractivity contribution >= 4 is 15.7 Å². The molecule has 0 amide bonds. The third-order valence-electron chi connectivity index (χ3n) is 6.59. The zero-order valence-corrected chi connectivity index (χ0v) is 15.8. The molecule has 1 aliphatic carbocycles. The molecule has 3 aliphatic rings. The average Bonchev–Trinajstić information content (AvgIpc) is 2.56. The summed E-state index contributed by atoms with van der Waals surface area (Å²) in [5, 5.41) is 0.0492. The summed E-state index contributed by atoms with van der Waals surface area (Å²) in [5.74, 6) is 0.800. The number of sulfone groups is 1. The Morgan fingerprint density at radius 1 is 1.00 bits per heavy atom. The molecule has 0 aromatic carbocycles. The van der Waals surface area contributed by atoms with Gasteiger partial charge in [0.1, 0.15) is 5.82 Å². The van der Waals surface area contributed by atoms with Crippen molar-refractivity contribution in [3.05, 3.63) is 12.4 Å². The van der Waals surface area contributed by atoms with Crippen LogP contribution in [0.25, 0.3) is 0 Å². The van der Waals surface area contributed by atoms with Crippen LogP contribution in [0.2, 0.25) is 0 Å². The first-order valence-corrected chi connectivity index (χ1v) is 11.4. The average molecular weight is 365 g/mol. The van der Waals surface area contributed by atoms with Crippen molar-refractivity contribution in [3.8, 4) is 0 Å². The highest BCUT2D eigenvalue weighted by molar-refractivity contribution is 7.90. The lowest BCUT2D eigenvalue weighted by atomic mass is 9.70. The fourth-order valence-corrected chi connectivity index (χ4v) is 4.98. The molecular formula is C18H28N4O2S. The second-order valence-electron chi connectivity index (χ2n) is 8.09. The molecule has 1 aromatic rings. The molecule has 1 aromatic heterocycles. The van der Waals surface area contributed by atoms with Crippen molar-refractivity contribution in [2.75, 3.05) is 37.3 Å². The van der Waals surface area contributed by atoms with Crippen LogP contribution in [0.4, 0.5) is 5.82 Å². The summed E-state index contributed by atoms with van der Waals surface area (Å²) >= 11 is 0. The van der Waals surface area contributed by atoms with Crippen molar-refractivity contribution in [1.82, 2.24) is 14.9 Å². The first-order chi connectivity index (χ1) is 12.0. The van der Waals surface area contributed by atoms with Gasteiger partial charge in [0.05, 0.1) is 12.4 Å². The number of likely N-dealkylation sites (tertiary alicyclic amines) is 1. The smallest absolute Gasteiger partial charge is 0.194 e. The summed E-state index contributed by atoms with van der Waals surface area (Å²) in [6.45, 7) is 4.54. The van der Waals surface area contributed by atoms with E-state index in [4.69, 9.17) is 0 Å². The van der Waals surface area contributed by atoms with Crippen LogP contribution in [-0.4, -0.2) is 61.8 Å². The fraction of sp³-hybridized carbons (Fsp3) is 0.778. The van der Waals surface area contributed by atoms with Gasteiger partial charge in [-0.05, 0) is 57.0 Å². The fourth-order valence-electron chi connectivity index (χ4n) is 4.49. The molecule has 1 spiro atoms. The van der Waals surface area contributed by atoms with Crippen molar-refractivity contribution in [3.63, 3.8) is 0 Å². The molecule has 4 rings (SSSR count). The van der Waals surface area contributed by atoms with Crippen LogP contribution in [0.15, 0.2) is 17.4 Å². The Hall–Kier alpha value is -1.21. The predicted molar refractivity (Wildman–Crippen MR) is 97.5 cm³/mol. The molecule has 3 heterocycles. The third kappa shape index (κ3) is 3.53. The topological polar surface area (TPSA) is 66.4 Å². The molecule has 2 aliphatic heterocycles. The summed E-state index contributed by atoms with van der Waals surface area (Å²) in [6.07, 6.45) is 13.5. The van der Waals surface area contributed by atoms with E-state index in [-0.39, 0.29) is 5.03 Å². The molecule has 25 heavy (non-hydrogen) atoms. The van der Waals surface area contributed by atoms with E-state index in [0.717, 1.165) is 31.2 Å². The van der Waals surface area contributed by atoms with E-state index >= 15 is 0 Å². The number of hydrogen-bond acceptors (Lipinski definition) is 6. The number of rotatable bonds is 3. The summed E-state index contributed by atoms with van der Waals surface area (Å²) in [6, 6.07) is 0.876. The van der Waals surface area contributed by atoms with Crippen LogP contribution in [0.5, 0.6) is 0 Å². The van der Waals surface area contributed by atoms with Crippen LogP contribution in [0.1, 0.15) is 44.9 Å². The molecule has 6 nitrogen and oxygen atoms in total. The van der Waals surface area contributed by atoms with Gasteiger partial charge in [0.25, 0.3) is 0 Å². The highest BCUT2D eigenvalue weighted by Crippen LogP contribution is 2.43. The SMILES string of the molecule is CS(=O)(=O)c1cnc(N2CCC3(CC2)CCN(C2CCC2)CC3)cn1. The molecule has 1 saturated carbocycles. The molecule has 138 valence electrons. The van der Waals surface area contributed by atoms with E-state index in [1.165, 1.54) is 64.2 Å². The van der Waals surface area contributed by atoms with Crippen LogP contribution >= 0.6 is 0 Å². The Kier molecular flexibility index (Phi) is 4.48. The highest BCUT2D eigenvalue weighted by Gasteiger charge is 2.39. The maximum Gasteiger partial charge on any atom is 0.194 e. The van der Waals surface area contributed by atoms with Gasteiger partial charge >= 0.3 is 0 Å². The van der Waals surface area contributed by atoms with Crippen molar-refractivity contribution in [1.29, 1.82) is 0 Å². The zero-order valence-electron chi connectivity index (χ0n) is 15.0. The number of aromatic nitrogens is 2. The first kappa shape index (κ1) is 17.2. The van der Waals surface area contributed by atoms with Crippen LogP contribution in [0.3, 0.4) is 0 Å². The van der Waals surface area contributed by atoms with E-state index in [2.05, 4.69) is 19.8 Å². The monoisotopic (exact) mass is 364 g/mol. The minimum atomic E-state index is -3.28. The predicted octanol–water partition coefficient (Wildman–Crippen LogP) is 2.11. The van der Waals surface area contributed by atoms with Crippen molar-refractivity contribution in [2.24, 2.45) is 5.41 Å². The first-order valence-electron chi connectivity index (χ1n) is 9.46. The van der Waals surface area contributed by atoms with Gasteiger partial charge in [0.2, 0.25) is 0 Å². The molecule has 3 fully saturated rings. The lowest BCUT2D eigenvalue weighted by molar-refractivity contribution is 0.0305. The van der Waals surface area contributed by atoms with Gasteiger partial charge in [-0.25, -0.2) is 18.4 Å². The van der Waals surface area contributed by atoms with E-state index in [9.17, 15) is 8.42 Å². The Balaban J connectivity index is 1.34. The lowest BCUT2D eigenvalue weighted by Gasteiger charge is -2.50. The van der Waals surface area contributed by atoms with Gasteiger partial charge in [-0.3, -0.25) is 0 Å². The minimum Gasteiger partial charge on any atom is -0.355 e. The molecule has 0 bridgehead atoms.